The van der Waals surface area contributed by atoms with Crippen LogP contribution >= 0.6 is 11.3 Å². The molecule has 0 aliphatic carbocycles. The van der Waals surface area contributed by atoms with Gasteiger partial charge in [0.15, 0.2) is 0 Å². The van der Waals surface area contributed by atoms with E-state index in [2.05, 4.69) is 17.5 Å². The molecule has 5 heteroatoms. The molecule has 1 fully saturated rings. The smallest absolute Gasteiger partial charge is 0.253 e. The van der Waals surface area contributed by atoms with Gasteiger partial charge >= 0.3 is 0 Å². The summed E-state index contributed by atoms with van der Waals surface area (Å²) in [7, 11) is 3.50. The summed E-state index contributed by atoms with van der Waals surface area (Å²) in [4.78, 5) is 29.5. The molecular formula is C22H28N2O2S. The molecule has 4 nitrogen and oxygen atoms in total. The first-order valence-corrected chi connectivity index (χ1v) is 10.5. The number of piperidine rings is 1. The molecule has 0 bridgehead atoms. The summed E-state index contributed by atoms with van der Waals surface area (Å²) in [5, 5.41) is 2.14. The molecule has 27 heavy (non-hydrogen) atoms. The van der Waals surface area contributed by atoms with Crippen molar-refractivity contribution in [3.63, 3.8) is 0 Å². The van der Waals surface area contributed by atoms with E-state index in [1.807, 2.05) is 40.5 Å². The van der Waals surface area contributed by atoms with Crippen LogP contribution in [0.2, 0.25) is 0 Å². The minimum absolute atomic E-state index is 0.00282. The fourth-order valence-corrected chi connectivity index (χ4v) is 4.40. The van der Waals surface area contributed by atoms with E-state index in [0.29, 0.717) is 17.9 Å². The highest BCUT2D eigenvalue weighted by Crippen LogP contribution is 2.24. The molecule has 2 amide bonds. The summed E-state index contributed by atoms with van der Waals surface area (Å²) in [6, 6.07) is 11.9. The molecule has 0 N–H and O–H groups in total. The number of carbonyl (C=O) groups excluding carboxylic acids is 2. The molecule has 1 aliphatic heterocycles. The molecule has 0 radical (unpaired) electrons. The quantitative estimate of drug-likeness (QED) is 0.759. The van der Waals surface area contributed by atoms with Crippen LogP contribution in [0.15, 0.2) is 41.8 Å². The van der Waals surface area contributed by atoms with Crippen molar-refractivity contribution in [1.82, 2.24) is 9.80 Å². The van der Waals surface area contributed by atoms with Gasteiger partial charge in [-0.3, -0.25) is 9.59 Å². The van der Waals surface area contributed by atoms with Gasteiger partial charge in [-0.15, -0.1) is 11.3 Å². The second-order valence-electron chi connectivity index (χ2n) is 7.50. The molecule has 1 aromatic heterocycles. The van der Waals surface area contributed by atoms with E-state index in [4.69, 9.17) is 0 Å². The van der Waals surface area contributed by atoms with Crippen LogP contribution in [0.25, 0.3) is 0 Å². The van der Waals surface area contributed by atoms with E-state index in [-0.39, 0.29) is 11.8 Å². The molecule has 0 spiro atoms. The van der Waals surface area contributed by atoms with E-state index >= 15 is 0 Å². The van der Waals surface area contributed by atoms with Crippen LogP contribution in [0.1, 0.15) is 40.1 Å². The van der Waals surface area contributed by atoms with Crippen LogP contribution < -0.4 is 0 Å². The average molecular weight is 385 g/mol. The fraction of sp³-hybridized carbons (Fsp3) is 0.455. The van der Waals surface area contributed by atoms with Crippen LogP contribution in [-0.2, 0) is 17.6 Å². The first kappa shape index (κ1) is 19.6. The summed E-state index contributed by atoms with van der Waals surface area (Å²) in [6.45, 7) is 1.76. The lowest BCUT2D eigenvalue weighted by Crippen LogP contribution is -2.38. The van der Waals surface area contributed by atoms with E-state index in [1.165, 1.54) is 4.88 Å². The predicted octanol–water partition coefficient (Wildman–Crippen LogP) is 3.86. The highest BCUT2D eigenvalue weighted by atomic mass is 32.1. The van der Waals surface area contributed by atoms with E-state index in [0.717, 1.165) is 44.3 Å². The van der Waals surface area contributed by atoms with Gasteiger partial charge in [0, 0.05) is 44.0 Å². The van der Waals surface area contributed by atoms with Crippen LogP contribution in [0.4, 0.5) is 0 Å². The number of benzene rings is 1. The lowest BCUT2D eigenvalue weighted by atomic mass is 9.92. The summed E-state index contributed by atoms with van der Waals surface area (Å²) >= 11 is 1.83. The number of hydrogen-bond acceptors (Lipinski definition) is 3. The minimum atomic E-state index is 0.00282. The Kier molecular flexibility index (Phi) is 6.67. The van der Waals surface area contributed by atoms with Gasteiger partial charge in [0.25, 0.3) is 5.91 Å². The Labute approximate surface area is 165 Å². The van der Waals surface area contributed by atoms with Crippen molar-refractivity contribution in [2.24, 2.45) is 5.92 Å². The number of thiophene rings is 1. The van der Waals surface area contributed by atoms with Crippen molar-refractivity contribution in [3.8, 4) is 0 Å². The zero-order valence-corrected chi connectivity index (χ0v) is 17.0. The van der Waals surface area contributed by atoms with Crippen LogP contribution in [0, 0.1) is 5.92 Å². The maximum atomic E-state index is 12.5. The molecule has 0 atom stereocenters. The maximum Gasteiger partial charge on any atom is 0.253 e. The molecule has 0 saturated carbocycles. The monoisotopic (exact) mass is 384 g/mol. The van der Waals surface area contributed by atoms with Crippen molar-refractivity contribution in [1.29, 1.82) is 0 Å². The van der Waals surface area contributed by atoms with Gasteiger partial charge in [-0.05, 0) is 60.7 Å². The summed E-state index contributed by atoms with van der Waals surface area (Å²) < 4.78 is 0. The Bertz CT molecular complexity index is 745. The number of aryl methyl sites for hydroxylation is 1. The van der Waals surface area contributed by atoms with Crippen molar-refractivity contribution < 1.29 is 9.59 Å². The van der Waals surface area contributed by atoms with Gasteiger partial charge in [0.2, 0.25) is 5.91 Å². The van der Waals surface area contributed by atoms with E-state index in [1.54, 1.807) is 19.0 Å². The van der Waals surface area contributed by atoms with Gasteiger partial charge in [-0.2, -0.15) is 0 Å². The Morgan fingerprint density at radius 1 is 1.11 bits per heavy atom. The summed E-state index contributed by atoms with van der Waals surface area (Å²) in [5.74, 6) is 0.954. The molecule has 2 aromatic rings. The molecule has 0 unspecified atom stereocenters. The number of hydrogen-bond donors (Lipinski definition) is 0. The standard InChI is InChI=1S/C22H28N2O2S/c1-23(2)22(26)19-8-5-17(6-9-19)7-10-21(25)24-13-11-18(12-14-24)16-20-4-3-15-27-20/h3-6,8-9,15,18H,7,10-14,16H2,1-2H3. The second kappa shape index (κ2) is 9.18. The zero-order chi connectivity index (χ0) is 19.2. The molecule has 144 valence electrons. The summed E-state index contributed by atoms with van der Waals surface area (Å²) in [5.41, 5.74) is 1.79. The van der Waals surface area contributed by atoms with Crippen molar-refractivity contribution >= 4 is 23.2 Å². The number of likely N-dealkylation sites (tertiary alicyclic amines) is 1. The molecule has 3 rings (SSSR count). The van der Waals surface area contributed by atoms with E-state index in [9.17, 15) is 9.59 Å². The number of amides is 2. The van der Waals surface area contributed by atoms with E-state index < -0.39 is 0 Å². The highest BCUT2D eigenvalue weighted by molar-refractivity contribution is 7.09. The van der Waals surface area contributed by atoms with Gasteiger partial charge < -0.3 is 9.80 Å². The zero-order valence-electron chi connectivity index (χ0n) is 16.2. The first-order chi connectivity index (χ1) is 13.0. The summed E-state index contributed by atoms with van der Waals surface area (Å²) in [6.07, 6.45) is 4.62. The van der Waals surface area contributed by atoms with Gasteiger partial charge in [-0.25, -0.2) is 0 Å². The largest absolute Gasteiger partial charge is 0.345 e. The Morgan fingerprint density at radius 2 is 1.81 bits per heavy atom. The Balaban J connectivity index is 1.42. The lowest BCUT2D eigenvalue weighted by Gasteiger charge is -2.32. The number of nitrogens with zero attached hydrogens (tertiary/aromatic N) is 2. The molecule has 2 heterocycles. The fourth-order valence-electron chi connectivity index (χ4n) is 3.58. The molecular weight excluding hydrogens is 356 g/mol. The van der Waals surface area contributed by atoms with Crippen molar-refractivity contribution in [2.45, 2.75) is 32.1 Å². The van der Waals surface area contributed by atoms with Crippen LogP contribution in [0.5, 0.6) is 0 Å². The third kappa shape index (κ3) is 5.42. The third-order valence-electron chi connectivity index (χ3n) is 5.27. The first-order valence-electron chi connectivity index (χ1n) is 9.63. The molecule has 1 aromatic carbocycles. The van der Waals surface area contributed by atoms with Gasteiger partial charge in [0.1, 0.15) is 0 Å². The Hall–Kier alpha value is -2.14. The minimum Gasteiger partial charge on any atom is -0.345 e. The van der Waals surface area contributed by atoms with Gasteiger partial charge in [-0.1, -0.05) is 18.2 Å². The van der Waals surface area contributed by atoms with Crippen LogP contribution in [0.3, 0.4) is 0 Å². The normalized spacial score (nSPS) is 15.0. The second-order valence-corrected chi connectivity index (χ2v) is 8.54. The number of carbonyl (C=O) groups is 2. The molecule has 1 saturated heterocycles. The van der Waals surface area contributed by atoms with Crippen LogP contribution in [-0.4, -0.2) is 48.8 Å². The highest BCUT2D eigenvalue weighted by Gasteiger charge is 2.23. The predicted molar refractivity (Wildman–Crippen MR) is 110 cm³/mol. The molecule has 1 aliphatic rings. The third-order valence-corrected chi connectivity index (χ3v) is 6.17. The van der Waals surface area contributed by atoms with Crippen molar-refractivity contribution in [2.75, 3.05) is 27.2 Å². The van der Waals surface area contributed by atoms with Gasteiger partial charge in [0.05, 0.1) is 0 Å². The van der Waals surface area contributed by atoms with Crippen molar-refractivity contribution in [3.05, 3.63) is 57.8 Å². The average Bonchev–Trinajstić information content (AvgIpc) is 3.19. The lowest BCUT2D eigenvalue weighted by molar-refractivity contribution is -0.132. The Morgan fingerprint density at radius 3 is 2.41 bits per heavy atom. The number of rotatable bonds is 6. The maximum absolute atomic E-state index is 12.5. The SMILES string of the molecule is CN(C)C(=O)c1ccc(CCC(=O)N2CCC(Cc3cccs3)CC2)cc1. The topological polar surface area (TPSA) is 40.6 Å².